The van der Waals surface area contributed by atoms with Crippen molar-refractivity contribution in [1.29, 1.82) is 0 Å². The topological polar surface area (TPSA) is 128 Å². The van der Waals surface area contributed by atoms with Gasteiger partial charge in [-0.05, 0) is 42.8 Å². The van der Waals surface area contributed by atoms with E-state index in [1.807, 2.05) is 6.07 Å². The van der Waals surface area contributed by atoms with Gasteiger partial charge in [0, 0.05) is 13.2 Å². The number of aryl methyl sites for hydroxylation is 1. The number of nitrogens with one attached hydrogen (secondary N) is 2. The molecule has 0 saturated carbocycles. The number of carbonyl (C=O) groups excluding carboxylic acids is 2. The summed E-state index contributed by atoms with van der Waals surface area (Å²) in [5.74, 6) is 0.597. The van der Waals surface area contributed by atoms with E-state index >= 15 is 0 Å². The van der Waals surface area contributed by atoms with Crippen LogP contribution in [0.3, 0.4) is 0 Å². The van der Waals surface area contributed by atoms with Gasteiger partial charge >= 0.3 is 12.0 Å². The quantitative estimate of drug-likeness (QED) is 0.398. The van der Waals surface area contributed by atoms with Gasteiger partial charge in [0.2, 0.25) is 0 Å². The Kier molecular flexibility index (Phi) is 8.33. The third-order valence-corrected chi connectivity index (χ3v) is 5.02. The van der Waals surface area contributed by atoms with Gasteiger partial charge in [-0.3, -0.25) is 9.59 Å². The fraction of sp³-hybridized carbons (Fsp3) is 0.240. The highest BCUT2D eigenvalue weighted by Gasteiger charge is 2.21. The molecule has 0 aliphatic rings. The lowest BCUT2D eigenvalue weighted by molar-refractivity contribution is -0.143. The number of para-hydroxylation sites is 2. The molecule has 10 heteroatoms. The third kappa shape index (κ3) is 6.53. The van der Waals surface area contributed by atoms with Crippen molar-refractivity contribution in [3.05, 3.63) is 76.7 Å². The number of hydrogen-bond donors (Lipinski definition) is 3. The highest BCUT2D eigenvalue weighted by molar-refractivity contribution is 5.91. The minimum Gasteiger partial charge on any atom is -0.505 e. The normalized spacial score (nSPS) is 11.3. The Labute approximate surface area is 202 Å². The van der Waals surface area contributed by atoms with E-state index in [2.05, 4.69) is 10.6 Å². The van der Waals surface area contributed by atoms with Crippen molar-refractivity contribution in [3.8, 4) is 23.0 Å². The molecule has 3 rings (SSSR count). The van der Waals surface area contributed by atoms with Gasteiger partial charge in [0.15, 0.2) is 17.2 Å². The second kappa shape index (κ2) is 11.6. The molecule has 3 N–H and O–H groups in total. The Bertz CT molecular complexity index is 1260. The lowest BCUT2D eigenvalue weighted by Crippen LogP contribution is -2.36. The summed E-state index contributed by atoms with van der Waals surface area (Å²) in [7, 11) is 3.02. The van der Waals surface area contributed by atoms with Gasteiger partial charge in [-0.15, -0.1) is 0 Å². The molecule has 1 aromatic heterocycles. The molecule has 0 radical (unpaired) electrons. The largest absolute Gasteiger partial charge is 0.505 e. The molecule has 1 atom stereocenters. The molecule has 1 heterocycles. The van der Waals surface area contributed by atoms with Crippen LogP contribution in [0, 0.1) is 0 Å². The standard InChI is InChI=1S/C25H27N3O7/c1-4-34-22(30)15-18(26-25(32)27-23-19(29)12-13-28(2)24(23)31)16-8-7-9-17(14-16)35-21-11-6-5-10-20(21)33-3/h5-14,18,29H,4,15H2,1-3H3,(H2,26,27,32)/t18-/m0/s1. The van der Waals surface area contributed by atoms with Crippen LogP contribution in [0.5, 0.6) is 23.0 Å². The maximum absolute atomic E-state index is 12.7. The predicted molar refractivity (Wildman–Crippen MR) is 129 cm³/mol. The van der Waals surface area contributed by atoms with Crippen LogP contribution < -0.4 is 25.7 Å². The van der Waals surface area contributed by atoms with Gasteiger partial charge in [0.1, 0.15) is 11.5 Å². The number of anilines is 1. The van der Waals surface area contributed by atoms with Crippen molar-refractivity contribution in [2.45, 2.75) is 19.4 Å². The number of aromatic hydroxyl groups is 1. The van der Waals surface area contributed by atoms with Crippen molar-refractivity contribution < 1.29 is 28.9 Å². The number of carbonyl (C=O) groups is 2. The highest BCUT2D eigenvalue weighted by Crippen LogP contribution is 2.32. The van der Waals surface area contributed by atoms with E-state index in [0.29, 0.717) is 22.8 Å². The Morgan fingerprint density at radius 2 is 1.83 bits per heavy atom. The van der Waals surface area contributed by atoms with E-state index in [9.17, 15) is 19.5 Å². The number of methoxy groups -OCH3 is 1. The summed E-state index contributed by atoms with van der Waals surface area (Å²) in [6.45, 7) is 1.87. The Balaban J connectivity index is 1.85. The zero-order valence-corrected chi connectivity index (χ0v) is 19.6. The van der Waals surface area contributed by atoms with E-state index in [1.54, 1.807) is 49.4 Å². The van der Waals surface area contributed by atoms with Gasteiger partial charge in [-0.25, -0.2) is 4.79 Å². The number of benzene rings is 2. The number of amides is 2. The first-order chi connectivity index (χ1) is 16.8. The monoisotopic (exact) mass is 481 g/mol. The van der Waals surface area contributed by atoms with Crippen LogP contribution >= 0.6 is 0 Å². The molecule has 0 unspecified atom stereocenters. The van der Waals surface area contributed by atoms with Crippen molar-refractivity contribution >= 4 is 17.7 Å². The van der Waals surface area contributed by atoms with Gasteiger partial charge < -0.3 is 34.5 Å². The van der Waals surface area contributed by atoms with Crippen molar-refractivity contribution in [2.24, 2.45) is 7.05 Å². The van der Waals surface area contributed by atoms with Crippen molar-refractivity contribution in [3.63, 3.8) is 0 Å². The first-order valence-electron chi connectivity index (χ1n) is 10.8. The molecule has 2 aromatic carbocycles. The van der Waals surface area contributed by atoms with Crippen LogP contribution in [0.15, 0.2) is 65.6 Å². The van der Waals surface area contributed by atoms with E-state index in [0.717, 1.165) is 0 Å². The molecule has 2 amide bonds. The van der Waals surface area contributed by atoms with Gasteiger partial charge in [0.05, 0.1) is 26.2 Å². The van der Waals surface area contributed by atoms with Gasteiger partial charge in [-0.1, -0.05) is 24.3 Å². The predicted octanol–water partition coefficient (Wildman–Crippen LogP) is 3.71. The molecule has 184 valence electrons. The lowest BCUT2D eigenvalue weighted by Gasteiger charge is -2.20. The number of nitrogens with zero attached hydrogens (tertiary/aromatic N) is 1. The van der Waals surface area contributed by atoms with Crippen LogP contribution in [0.2, 0.25) is 0 Å². The van der Waals surface area contributed by atoms with E-state index < -0.39 is 23.6 Å². The molecule has 10 nitrogen and oxygen atoms in total. The van der Waals surface area contributed by atoms with Crippen LogP contribution in [0.25, 0.3) is 0 Å². The second-order valence-electron chi connectivity index (χ2n) is 7.48. The minimum absolute atomic E-state index is 0.168. The second-order valence-corrected chi connectivity index (χ2v) is 7.48. The Hall–Kier alpha value is -4.47. The summed E-state index contributed by atoms with van der Waals surface area (Å²) in [4.78, 5) is 37.2. The fourth-order valence-corrected chi connectivity index (χ4v) is 3.31. The molecule has 3 aromatic rings. The number of hydrogen-bond acceptors (Lipinski definition) is 7. The third-order valence-electron chi connectivity index (χ3n) is 5.02. The number of rotatable bonds is 9. The average molecular weight is 482 g/mol. The summed E-state index contributed by atoms with van der Waals surface area (Å²) in [5.41, 5.74) is -0.310. The summed E-state index contributed by atoms with van der Waals surface area (Å²) < 4.78 is 17.5. The summed E-state index contributed by atoms with van der Waals surface area (Å²) in [5, 5.41) is 15.0. The first-order valence-corrected chi connectivity index (χ1v) is 10.8. The number of pyridine rings is 1. The minimum atomic E-state index is -0.815. The van der Waals surface area contributed by atoms with Crippen molar-refractivity contribution in [2.75, 3.05) is 19.0 Å². The summed E-state index contributed by atoms with van der Waals surface area (Å²) >= 11 is 0. The lowest BCUT2D eigenvalue weighted by atomic mass is 10.0. The molecule has 0 spiro atoms. The zero-order valence-electron chi connectivity index (χ0n) is 19.6. The molecule has 0 aliphatic heterocycles. The van der Waals surface area contributed by atoms with Crippen LogP contribution in [0.1, 0.15) is 24.9 Å². The summed E-state index contributed by atoms with van der Waals surface area (Å²) in [6, 6.07) is 13.7. The molecule has 0 saturated heterocycles. The van der Waals surface area contributed by atoms with E-state index in [-0.39, 0.29) is 24.5 Å². The SMILES string of the molecule is CCOC(=O)C[C@H](NC(=O)Nc1c(O)ccn(C)c1=O)c1cccc(Oc2ccccc2OC)c1. The van der Waals surface area contributed by atoms with Gasteiger partial charge in [-0.2, -0.15) is 0 Å². The number of ether oxygens (including phenoxy) is 3. The maximum Gasteiger partial charge on any atom is 0.319 e. The number of esters is 1. The molecule has 0 fully saturated rings. The van der Waals surface area contributed by atoms with E-state index in [4.69, 9.17) is 14.2 Å². The van der Waals surface area contributed by atoms with E-state index in [1.165, 1.54) is 31.0 Å². The van der Waals surface area contributed by atoms with Crippen LogP contribution in [0.4, 0.5) is 10.5 Å². The molecule has 0 aliphatic carbocycles. The highest BCUT2D eigenvalue weighted by atomic mass is 16.5. The molecule has 35 heavy (non-hydrogen) atoms. The molecule has 0 bridgehead atoms. The van der Waals surface area contributed by atoms with Crippen molar-refractivity contribution in [1.82, 2.24) is 9.88 Å². The van der Waals surface area contributed by atoms with Crippen LogP contribution in [-0.4, -0.2) is 35.4 Å². The number of aromatic nitrogens is 1. The zero-order chi connectivity index (χ0) is 25.4. The molecular formula is C25H27N3O7. The van der Waals surface area contributed by atoms with Crippen LogP contribution in [-0.2, 0) is 16.6 Å². The first kappa shape index (κ1) is 25.2. The fourth-order valence-electron chi connectivity index (χ4n) is 3.31. The summed E-state index contributed by atoms with van der Waals surface area (Å²) in [6.07, 6.45) is 1.20. The van der Waals surface area contributed by atoms with Gasteiger partial charge in [0.25, 0.3) is 5.56 Å². The maximum atomic E-state index is 12.7. The number of urea groups is 1. The Morgan fingerprint density at radius 1 is 1.09 bits per heavy atom. The average Bonchev–Trinajstić information content (AvgIpc) is 2.84. The smallest absolute Gasteiger partial charge is 0.319 e. The molecular weight excluding hydrogens is 454 g/mol. The Morgan fingerprint density at radius 3 is 2.54 bits per heavy atom.